The van der Waals surface area contributed by atoms with Gasteiger partial charge < -0.3 is 4.57 Å². The lowest BCUT2D eigenvalue weighted by Gasteiger charge is -2.02. The van der Waals surface area contributed by atoms with E-state index in [2.05, 4.69) is 16.0 Å². The van der Waals surface area contributed by atoms with Gasteiger partial charge in [0.1, 0.15) is 17.4 Å². The lowest BCUT2D eigenvalue weighted by Crippen LogP contribution is -1.98. The van der Waals surface area contributed by atoms with Crippen LogP contribution in [-0.4, -0.2) is 14.5 Å². The maximum atomic E-state index is 9.12. The molecule has 0 aliphatic rings. The quantitative estimate of drug-likeness (QED) is 0.700. The van der Waals surface area contributed by atoms with Crippen LogP contribution in [0, 0.1) is 11.3 Å². The van der Waals surface area contributed by atoms with Crippen LogP contribution < -0.4 is 0 Å². The molecule has 0 N–H and O–H groups in total. The van der Waals surface area contributed by atoms with Crippen LogP contribution >= 0.6 is 0 Å². The molecule has 4 nitrogen and oxygen atoms in total. The summed E-state index contributed by atoms with van der Waals surface area (Å²) in [6.45, 7) is 0. The number of nitrogens with zero attached hydrogens (tertiary/aromatic N) is 4. The van der Waals surface area contributed by atoms with E-state index in [1.165, 1.54) is 0 Å². The standard InChI is InChI=1S/C15H12N4/c1-19-13-4-2-3-12(10-16)15(13)18-14(19)9-11-5-7-17-8-6-11/h2-8H,9H2,1H3. The zero-order valence-corrected chi connectivity index (χ0v) is 10.5. The third-order valence-corrected chi connectivity index (χ3v) is 3.24. The molecule has 0 saturated carbocycles. The molecule has 92 valence electrons. The number of nitriles is 1. The molecule has 3 rings (SSSR count). The maximum Gasteiger partial charge on any atom is 0.114 e. The molecule has 4 heteroatoms. The predicted octanol–water partition coefficient (Wildman–Crippen LogP) is 2.43. The van der Waals surface area contributed by atoms with Crippen molar-refractivity contribution in [3.05, 3.63) is 59.7 Å². The maximum absolute atomic E-state index is 9.12. The van der Waals surface area contributed by atoms with E-state index in [-0.39, 0.29) is 0 Å². The summed E-state index contributed by atoms with van der Waals surface area (Å²) in [6.07, 6.45) is 4.29. The van der Waals surface area contributed by atoms with Gasteiger partial charge >= 0.3 is 0 Å². The highest BCUT2D eigenvalue weighted by Gasteiger charge is 2.11. The average molecular weight is 248 g/mol. The fourth-order valence-electron chi connectivity index (χ4n) is 2.19. The van der Waals surface area contributed by atoms with Crippen LogP contribution in [-0.2, 0) is 13.5 Å². The minimum absolute atomic E-state index is 0.620. The second-order valence-corrected chi connectivity index (χ2v) is 4.40. The van der Waals surface area contributed by atoms with E-state index < -0.39 is 0 Å². The third kappa shape index (κ3) is 1.95. The first-order valence-corrected chi connectivity index (χ1v) is 6.03. The minimum Gasteiger partial charge on any atom is -0.331 e. The van der Waals surface area contributed by atoms with Crippen LogP contribution in [0.1, 0.15) is 17.0 Å². The summed E-state index contributed by atoms with van der Waals surface area (Å²) in [7, 11) is 1.98. The van der Waals surface area contributed by atoms with E-state index in [0.717, 1.165) is 28.8 Å². The van der Waals surface area contributed by atoms with Crippen LogP contribution in [0.25, 0.3) is 11.0 Å². The Morgan fingerprint density at radius 2 is 2.00 bits per heavy atom. The summed E-state index contributed by atoms with van der Waals surface area (Å²) in [5.41, 5.74) is 3.54. The lowest BCUT2D eigenvalue weighted by molar-refractivity contribution is 0.844. The molecule has 0 unspecified atom stereocenters. The molecule has 0 aliphatic heterocycles. The van der Waals surface area contributed by atoms with Crippen molar-refractivity contribution in [1.82, 2.24) is 14.5 Å². The topological polar surface area (TPSA) is 54.5 Å². The Balaban J connectivity index is 2.11. The highest BCUT2D eigenvalue weighted by molar-refractivity contribution is 5.82. The van der Waals surface area contributed by atoms with Gasteiger partial charge in [0.25, 0.3) is 0 Å². The molecule has 3 aromatic rings. The van der Waals surface area contributed by atoms with Crippen LogP contribution in [0.2, 0.25) is 0 Å². The van der Waals surface area contributed by atoms with Gasteiger partial charge in [0.15, 0.2) is 0 Å². The molecule has 0 amide bonds. The van der Waals surface area contributed by atoms with Crippen LogP contribution in [0.3, 0.4) is 0 Å². The van der Waals surface area contributed by atoms with Crippen molar-refractivity contribution in [3.63, 3.8) is 0 Å². The van der Waals surface area contributed by atoms with E-state index in [4.69, 9.17) is 5.26 Å². The Labute approximate surface area is 111 Å². The highest BCUT2D eigenvalue weighted by Crippen LogP contribution is 2.20. The molecule has 0 aliphatic carbocycles. The highest BCUT2D eigenvalue weighted by atomic mass is 15.1. The van der Waals surface area contributed by atoms with E-state index in [1.807, 2.05) is 35.9 Å². The van der Waals surface area contributed by atoms with Gasteiger partial charge in [-0.3, -0.25) is 4.98 Å². The number of benzene rings is 1. The molecule has 2 heterocycles. The average Bonchev–Trinajstić information content (AvgIpc) is 2.77. The number of hydrogen-bond donors (Lipinski definition) is 0. The van der Waals surface area contributed by atoms with Crippen molar-refractivity contribution in [3.8, 4) is 6.07 Å². The lowest BCUT2D eigenvalue weighted by atomic mass is 10.2. The molecule has 19 heavy (non-hydrogen) atoms. The van der Waals surface area contributed by atoms with E-state index in [9.17, 15) is 0 Å². The molecule has 0 saturated heterocycles. The summed E-state index contributed by atoms with van der Waals surface area (Å²) in [4.78, 5) is 8.61. The third-order valence-electron chi connectivity index (χ3n) is 3.24. The van der Waals surface area contributed by atoms with Gasteiger partial charge in [-0.1, -0.05) is 6.07 Å². The van der Waals surface area contributed by atoms with E-state index in [0.29, 0.717) is 5.56 Å². The first-order chi connectivity index (χ1) is 9.29. The van der Waals surface area contributed by atoms with Crippen LogP contribution in [0.5, 0.6) is 0 Å². The Hall–Kier alpha value is -2.67. The summed E-state index contributed by atoms with van der Waals surface area (Å²) in [6, 6.07) is 11.8. The summed E-state index contributed by atoms with van der Waals surface area (Å²) in [5.74, 6) is 0.948. The molecule has 1 aromatic carbocycles. The summed E-state index contributed by atoms with van der Waals surface area (Å²) < 4.78 is 2.04. The van der Waals surface area contributed by atoms with Crippen molar-refractivity contribution in [2.45, 2.75) is 6.42 Å². The van der Waals surface area contributed by atoms with Crippen molar-refractivity contribution >= 4 is 11.0 Å². The smallest absolute Gasteiger partial charge is 0.114 e. The number of pyridine rings is 1. The van der Waals surface area contributed by atoms with Crippen molar-refractivity contribution in [2.24, 2.45) is 7.05 Å². The number of aryl methyl sites for hydroxylation is 1. The summed E-state index contributed by atoms with van der Waals surface area (Å²) in [5, 5.41) is 9.12. The van der Waals surface area contributed by atoms with Crippen molar-refractivity contribution < 1.29 is 0 Å². The number of para-hydroxylation sites is 1. The van der Waals surface area contributed by atoms with Gasteiger partial charge in [0.2, 0.25) is 0 Å². The molecular weight excluding hydrogens is 236 g/mol. The first-order valence-electron chi connectivity index (χ1n) is 6.03. The fraction of sp³-hybridized carbons (Fsp3) is 0.133. The molecular formula is C15H12N4. The normalized spacial score (nSPS) is 10.5. The van der Waals surface area contributed by atoms with Crippen LogP contribution in [0.15, 0.2) is 42.7 Å². The van der Waals surface area contributed by atoms with E-state index in [1.54, 1.807) is 18.5 Å². The number of fused-ring (bicyclic) bond motifs is 1. The first kappa shape index (κ1) is 11.4. The van der Waals surface area contributed by atoms with Crippen molar-refractivity contribution in [1.29, 1.82) is 5.26 Å². The van der Waals surface area contributed by atoms with Gasteiger partial charge in [-0.15, -0.1) is 0 Å². The Morgan fingerprint density at radius 1 is 1.21 bits per heavy atom. The monoisotopic (exact) mass is 248 g/mol. The molecule has 0 bridgehead atoms. The molecule has 0 fully saturated rings. The molecule has 0 radical (unpaired) electrons. The Morgan fingerprint density at radius 3 is 2.74 bits per heavy atom. The zero-order valence-electron chi connectivity index (χ0n) is 10.5. The number of hydrogen-bond acceptors (Lipinski definition) is 3. The van der Waals surface area contributed by atoms with Gasteiger partial charge in [-0.05, 0) is 29.8 Å². The second kappa shape index (κ2) is 4.54. The Bertz CT molecular complexity index is 766. The number of rotatable bonds is 2. The van der Waals surface area contributed by atoms with Crippen LogP contribution in [0.4, 0.5) is 0 Å². The van der Waals surface area contributed by atoms with Gasteiger partial charge in [-0.25, -0.2) is 4.98 Å². The van der Waals surface area contributed by atoms with Gasteiger partial charge in [0, 0.05) is 25.9 Å². The minimum atomic E-state index is 0.620. The largest absolute Gasteiger partial charge is 0.331 e. The van der Waals surface area contributed by atoms with Gasteiger partial charge in [-0.2, -0.15) is 5.26 Å². The molecule has 0 spiro atoms. The number of aromatic nitrogens is 3. The molecule has 2 aromatic heterocycles. The SMILES string of the molecule is Cn1c(Cc2ccncc2)nc2c(C#N)cccc21. The van der Waals surface area contributed by atoms with Gasteiger partial charge in [0.05, 0.1) is 11.1 Å². The Kier molecular flexibility index (Phi) is 2.73. The fourth-order valence-corrected chi connectivity index (χ4v) is 2.19. The predicted molar refractivity (Wildman–Crippen MR) is 72.5 cm³/mol. The second-order valence-electron chi connectivity index (χ2n) is 4.40. The molecule has 0 atom stereocenters. The number of imidazole rings is 1. The van der Waals surface area contributed by atoms with Crippen molar-refractivity contribution in [2.75, 3.05) is 0 Å². The summed E-state index contributed by atoms with van der Waals surface area (Å²) >= 11 is 0. The van der Waals surface area contributed by atoms with E-state index >= 15 is 0 Å². The zero-order chi connectivity index (χ0) is 13.2.